The van der Waals surface area contributed by atoms with Crippen LogP contribution < -0.4 is 14.8 Å². The second-order valence-corrected chi connectivity index (χ2v) is 6.73. The number of nitrogens with one attached hydrogen (secondary N) is 1. The third-order valence-electron chi connectivity index (χ3n) is 4.37. The maximum Gasteiger partial charge on any atom is 0.234 e. The summed E-state index contributed by atoms with van der Waals surface area (Å²) in [6.07, 6.45) is 2.20. The fourth-order valence-electron chi connectivity index (χ4n) is 3.22. The zero-order chi connectivity index (χ0) is 16.2. The molecular formula is C18H26N2O3. The molecule has 2 heterocycles. The highest BCUT2D eigenvalue weighted by atomic mass is 16.6. The summed E-state index contributed by atoms with van der Waals surface area (Å²) in [6.45, 7) is 7.59. The van der Waals surface area contributed by atoms with Gasteiger partial charge in [0.2, 0.25) is 5.91 Å². The minimum atomic E-state index is 0.114. The lowest BCUT2D eigenvalue weighted by molar-refractivity contribution is -0.122. The number of benzene rings is 1. The molecule has 2 aliphatic rings. The molecule has 0 bridgehead atoms. The van der Waals surface area contributed by atoms with Crippen LogP contribution >= 0.6 is 0 Å². The number of carbonyl (C=O) groups excluding carboxylic acids is 1. The summed E-state index contributed by atoms with van der Waals surface area (Å²) in [6, 6.07) is 6.45. The molecule has 0 saturated carbocycles. The van der Waals surface area contributed by atoms with E-state index in [1.54, 1.807) is 0 Å². The van der Waals surface area contributed by atoms with E-state index in [0.29, 0.717) is 25.7 Å². The van der Waals surface area contributed by atoms with Gasteiger partial charge in [-0.05, 0) is 43.0 Å². The van der Waals surface area contributed by atoms with Crippen molar-refractivity contribution in [2.75, 3.05) is 32.8 Å². The zero-order valence-electron chi connectivity index (χ0n) is 14.0. The molecule has 23 heavy (non-hydrogen) atoms. The minimum Gasteiger partial charge on any atom is -0.486 e. The van der Waals surface area contributed by atoms with Crippen LogP contribution in [0.2, 0.25) is 0 Å². The minimum absolute atomic E-state index is 0.114. The van der Waals surface area contributed by atoms with Crippen molar-refractivity contribution in [2.45, 2.75) is 32.7 Å². The van der Waals surface area contributed by atoms with Gasteiger partial charge in [0.05, 0.1) is 6.54 Å². The predicted octanol–water partition coefficient (Wildman–Crippen LogP) is 2.37. The van der Waals surface area contributed by atoms with E-state index in [1.807, 2.05) is 6.07 Å². The second kappa shape index (κ2) is 7.21. The Morgan fingerprint density at radius 2 is 2.09 bits per heavy atom. The lowest BCUT2D eigenvalue weighted by atomic mass is 10.0. The van der Waals surface area contributed by atoms with Crippen LogP contribution in [0.3, 0.4) is 0 Å². The molecule has 0 radical (unpaired) electrons. The highest BCUT2D eigenvalue weighted by molar-refractivity contribution is 5.78. The van der Waals surface area contributed by atoms with Crippen LogP contribution in [0, 0.1) is 5.92 Å². The average molecular weight is 318 g/mol. The van der Waals surface area contributed by atoms with Gasteiger partial charge in [-0.15, -0.1) is 0 Å². The summed E-state index contributed by atoms with van der Waals surface area (Å²) < 4.78 is 11.3. The van der Waals surface area contributed by atoms with Crippen molar-refractivity contribution < 1.29 is 14.3 Å². The van der Waals surface area contributed by atoms with E-state index in [0.717, 1.165) is 37.4 Å². The Kier molecular flexibility index (Phi) is 5.06. The summed E-state index contributed by atoms with van der Waals surface area (Å²) in [7, 11) is 0. The summed E-state index contributed by atoms with van der Waals surface area (Å²) in [5.41, 5.74) is 1.21. The molecule has 1 N–H and O–H groups in total. The lowest BCUT2D eigenvalue weighted by Gasteiger charge is -2.26. The molecule has 5 nitrogen and oxygen atoms in total. The number of likely N-dealkylation sites (tertiary alicyclic amines) is 1. The Balaban J connectivity index is 1.65. The van der Waals surface area contributed by atoms with Crippen molar-refractivity contribution in [1.82, 2.24) is 10.2 Å². The molecule has 0 aromatic heterocycles. The number of amides is 1. The van der Waals surface area contributed by atoms with Crippen molar-refractivity contribution in [3.63, 3.8) is 0 Å². The van der Waals surface area contributed by atoms with Crippen LogP contribution in [0.25, 0.3) is 0 Å². The van der Waals surface area contributed by atoms with Crippen molar-refractivity contribution in [2.24, 2.45) is 5.92 Å². The van der Waals surface area contributed by atoms with Crippen LogP contribution in [0.5, 0.6) is 11.5 Å². The van der Waals surface area contributed by atoms with Crippen LogP contribution in [-0.2, 0) is 4.79 Å². The van der Waals surface area contributed by atoms with E-state index in [9.17, 15) is 4.79 Å². The monoisotopic (exact) mass is 318 g/mol. The van der Waals surface area contributed by atoms with E-state index in [2.05, 4.69) is 36.2 Å². The van der Waals surface area contributed by atoms with Gasteiger partial charge in [-0.25, -0.2) is 0 Å². The average Bonchev–Trinajstić information content (AvgIpc) is 3.00. The quantitative estimate of drug-likeness (QED) is 0.905. The molecule has 5 heteroatoms. The third kappa shape index (κ3) is 3.96. The fraction of sp³-hybridized carbons (Fsp3) is 0.611. The van der Waals surface area contributed by atoms with Gasteiger partial charge < -0.3 is 14.8 Å². The maximum absolute atomic E-state index is 12.1. The Morgan fingerprint density at radius 1 is 1.30 bits per heavy atom. The van der Waals surface area contributed by atoms with Crippen LogP contribution in [0.4, 0.5) is 0 Å². The number of hydrogen-bond donors (Lipinski definition) is 1. The Bertz CT molecular complexity index is 559. The maximum atomic E-state index is 12.1. The largest absolute Gasteiger partial charge is 0.486 e. The summed E-state index contributed by atoms with van der Waals surface area (Å²) in [5, 5.41) is 3.01. The van der Waals surface area contributed by atoms with Gasteiger partial charge in [-0.3, -0.25) is 9.69 Å². The molecular weight excluding hydrogens is 292 g/mol. The van der Waals surface area contributed by atoms with E-state index in [1.165, 1.54) is 5.56 Å². The molecule has 1 saturated heterocycles. The molecule has 2 aliphatic heterocycles. The number of ether oxygens (including phenoxy) is 2. The number of hydrogen-bond acceptors (Lipinski definition) is 4. The van der Waals surface area contributed by atoms with Gasteiger partial charge in [0, 0.05) is 12.6 Å². The van der Waals surface area contributed by atoms with Crippen molar-refractivity contribution in [1.29, 1.82) is 0 Å². The number of rotatable bonds is 5. The first-order valence-corrected chi connectivity index (χ1v) is 8.54. The van der Waals surface area contributed by atoms with E-state index in [4.69, 9.17) is 9.47 Å². The first kappa shape index (κ1) is 16.1. The molecule has 3 rings (SSSR count). The third-order valence-corrected chi connectivity index (χ3v) is 4.37. The van der Waals surface area contributed by atoms with Gasteiger partial charge in [0.25, 0.3) is 0 Å². The summed E-state index contributed by atoms with van der Waals surface area (Å²) in [5.74, 6) is 2.23. The van der Waals surface area contributed by atoms with Gasteiger partial charge in [0.1, 0.15) is 13.2 Å². The Hall–Kier alpha value is -1.75. The van der Waals surface area contributed by atoms with Crippen molar-refractivity contribution in [3.05, 3.63) is 23.8 Å². The molecule has 126 valence electrons. The van der Waals surface area contributed by atoms with Gasteiger partial charge in [0.15, 0.2) is 11.5 Å². The van der Waals surface area contributed by atoms with Crippen molar-refractivity contribution in [3.8, 4) is 11.5 Å². The SMILES string of the molecule is CC(C)CNC(=O)CN1CCC[C@@H]1c1ccc2c(c1)OCCO2. The fourth-order valence-corrected chi connectivity index (χ4v) is 3.22. The predicted molar refractivity (Wildman–Crippen MR) is 88.8 cm³/mol. The van der Waals surface area contributed by atoms with Gasteiger partial charge in [-0.1, -0.05) is 19.9 Å². The molecule has 1 aromatic carbocycles. The van der Waals surface area contributed by atoms with Gasteiger partial charge >= 0.3 is 0 Å². The number of nitrogens with zero attached hydrogens (tertiary/aromatic N) is 1. The van der Waals surface area contributed by atoms with Crippen LogP contribution in [0.15, 0.2) is 18.2 Å². The molecule has 1 amide bonds. The molecule has 1 atom stereocenters. The molecule has 0 unspecified atom stereocenters. The normalized spacial score (nSPS) is 20.7. The van der Waals surface area contributed by atoms with Crippen molar-refractivity contribution >= 4 is 5.91 Å². The Morgan fingerprint density at radius 3 is 2.87 bits per heavy atom. The zero-order valence-corrected chi connectivity index (χ0v) is 14.0. The van der Waals surface area contributed by atoms with E-state index >= 15 is 0 Å². The number of carbonyl (C=O) groups is 1. The smallest absolute Gasteiger partial charge is 0.234 e. The molecule has 0 aliphatic carbocycles. The first-order valence-electron chi connectivity index (χ1n) is 8.54. The van der Waals surface area contributed by atoms with E-state index < -0.39 is 0 Å². The summed E-state index contributed by atoms with van der Waals surface area (Å²) >= 11 is 0. The van der Waals surface area contributed by atoms with Gasteiger partial charge in [-0.2, -0.15) is 0 Å². The standard InChI is InChI=1S/C18H26N2O3/c1-13(2)11-19-18(21)12-20-7-3-4-15(20)14-5-6-16-17(10-14)23-9-8-22-16/h5-6,10,13,15H,3-4,7-9,11-12H2,1-2H3,(H,19,21)/t15-/m1/s1. The highest BCUT2D eigenvalue weighted by Gasteiger charge is 2.28. The first-order chi connectivity index (χ1) is 11.1. The lowest BCUT2D eigenvalue weighted by Crippen LogP contribution is -2.38. The Labute approximate surface area is 137 Å². The second-order valence-electron chi connectivity index (χ2n) is 6.73. The topological polar surface area (TPSA) is 50.8 Å². The van der Waals surface area contributed by atoms with Crippen LogP contribution in [-0.4, -0.2) is 43.7 Å². The molecule has 1 aromatic rings. The van der Waals surface area contributed by atoms with E-state index in [-0.39, 0.29) is 11.9 Å². The van der Waals surface area contributed by atoms with Crippen LogP contribution in [0.1, 0.15) is 38.3 Å². The molecule has 0 spiro atoms. The summed E-state index contributed by atoms with van der Waals surface area (Å²) in [4.78, 5) is 14.4. The number of fused-ring (bicyclic) bond motifs is 1. The molecule has 1 fully saturated rings. The highest BCUT2D eigenvalue weighted by Crippen LogP contribution is 2.37.